The summed E-state index contributed by atoms with van der Waals surface area (Å²) in [6.07, 6.45) is 8.38. The van der Waals surface area contributed by atoms with E-state index in [2.05, 4.69) is 123 Å². The van der Waals surface area contributed by atoms with Gasteiger partial charge in [0.1, 0.15) is 5.52 Å². The first kappa shape index (κ1) is 21.6. The number of rotatable bonds is 2. The number of H-pyrrole nitrogens is 1. The Morgan fingerprint density at radius 3 is 2.45 bits per heavy atom. The number of fused-ring (bicyclic) bond motifs is 1. The molecule has 1 aromatic heterocycles. The van der Waals surface area contributed by atoms with Gasteiger partial charge in [-0.1, -0.05) is 55.1 Å². The van der Waals surface area contributed by atoms with Gasteiger partial charge in [0.05, 0.1) is 20.5 Å². The van der Waals surface area contributed by atoms with Gasteiger partial charge in [-0.3, -0.25) is 0 Å². The van der Waals surface area contributed by atoms with E-state index in [4.69, 9.17) is 10.7 Å². The maximum absolute atomic E-state index is 6.87. The number of hydrogen-bond donors (Lipinski definition) is 3. The van der Waals surface area contributed by atoms with Gasteiger partial charge in [-0.05, 0) is 80.4 Å². The fraction of sp³-hybridized carbons (Fsp3) is 0.174. The zero-order chi connectivity index (χ0) is 21.9. The van der Waals surface area contributed by atoms with E-state index in [0.29, 0.717) is 5.95 Å². The van der Waals surface area contributed by atoms with Crippen molar-refractivity contribution in [2.24, 2.45) is 5.73 Å². The first-order valence-corrected chi connectivity index (χ1v) is 12.9. The Morgan fingerprint density at radius 2 is 1.68 bits per heavy atom. The monoisotopic (exact) mass is 666 g/mol. The van der Waals surface area contributed by atoms with Crippen LogP contribution in [0.5, 0.6) is 0 Å². The summed E-state index contributed by atoms with van der Waals surface area (Å²) in [4.78, 5) is 8.25. The molecular weight excluding hydrogens is 652 g/mol. The van der Waals surface area contributed by atoms with Crippen molar-refractivity contribution >= 4 is 80.7 Å². The SMILES string of the molecule is C=C1/C=C\C=C/C2c3ccccc3C1[C@H](Nc1nc3c(Br)c(Br)c(Br)c(Br)c3[nH]1)[C@H]2N. The van der Waals surface area contributed by atoms with Crippen LogP contribution in [-0.2, 0) is 0 Å². The van der Waals surface area contributed by atoms with E-state index < -0.39 is 0 Å². The van der Waals surface area contributed by atoms with Crippen molar-refractivity contribution in [1.29, 1.82) is 0 Å². The van der Waals surface area contributed by atoms with Crippen molar-refractivity contribution in [3.05, 3.63) is 89.7 Å². The summed E-state index contributed by atoms with van der Waals surface area (Å²) in [5.74, 6) is 0.814. The summed E-state index contributed by atoms with van der Waals surface area (Å²) in [6.45, 7) is 4.38. The predicted octanol–water partition coefficient (Wildman–Crippen LogP) is 7.28. The number of nitrogens with one attached hydrogen (secondary N) is 2. The molecule has 0 saturated carbocycles. The summed E-state index contributed by atoms with van der Waals surface area (Å²) in [6, 6.07) is 8.30. The van der Waals surface area contributed by atoms with E-state index in [-0.39, 0.29) is 23.9 Å². The molecule has 158 valence electrons. The third-order valence-corrected chi connectivity index (χ3v) is 10.8. The standard InChI is InChI=1S/C23H18Br4N4/c1-10-6-2-3-9-13-11-7-4-5-8-12(11)14(10)20(19(13)28)29-23-30-21-17(26)15(24)16(25)18(27)22(21)31-23/h2-9,13-14,19-20H,1,28H2,(H2,29,30,31)/b6-2-,9-3-/t13?,14?,19-,20-/m0/s1. The molecule has 4 atom stereocenters. The molecule has 0 saturated heterocycles. The molecule has 0 spiro atoms. The van der Waals surface area contributed by atoms with E-state index in [1.165, 1.54) is 11.1 Å². The second-order valence-corrected chi connectivity index (χ2v) is 10.9. The van der Waals surface area contributed by atoms with Crippen LogP contribution in [0.15, 0.2) is 78.6 Å². The highest BCUT2D eigenvalue weighted by atomic mass is 79.9. The number of imidazole rings is 1. The largest absolute Gasteiger partial charge is 0.351 e. The highest BCUT2D eigenvalue weighted by molar-refractivity contribution is 9.15. The number of aromatic nitrogens is 2. The number of aromatic amines is 1. The highest BCUT2D eigenvalue weighted by Gasteiger charge is 2.41. The Hall–Kier alpha value is -1.19. The van der Waals surface area contributed by atoms with Crippen LogP contribution in [0.4, 0.5) is 5.95 Å². The molecule has 1 heterocycles. The molecule has 0 fully saturated rings. The van der Waals surface area contributed by atoms with Gasteiger partial charge in [-0.25, -0.2) is 4.98 Å². The van der Waals surface area contributed by atoms with E-state index in [1.807, 2.05) is 6.08 Å². The Morgan fingerprint density at radius 1 is 0.968 bits per heavy atom. The van der Waals surface area contributed by atoms with Crippen molar-refractivity contribution in [2.75, 3.05) is 5.32 Å². The van der Waals surface area contributed by atoms with Gasteiger partial charge in [0, 0.05) is 26.8 Å². The zero-order valence-electron chi connectivity index (χ0n) is 16.2. The molecule has 0 amide bonds. The smallest absolute Gasteiger partial charge is 0.201 e. The van der Waals surface area contributed by atoms with Gasteiger partial charge in [-0.15, -0.1) is 0 Å². The molecule has 5 rings (SSSR count). The first-order chi connectivity index (χ1) is 14.9. The van der Waals surface area contributed by atoms with E-state index >= 15 is 0 Å². The number of hydrogen-bond acceptors (Lipinski definition) is 3. The number of benzene rings is 2. The minimum absolute atomic E-state index is 0.0390. The van der Waals surface area contributed by atoms with Crippen molar-refractivity contribution < 1.29 is 0 Å². The fourth-order valence-corrected chi connectivity index (χ4v) is 6.86. The normalized spacial score (nSPS) is 26.8. The number of halogens is 4. The number of allylic oxidation sites excluding steroid dienone is 3. The lowest BCUT2D eigenvalue weighted by molar-refractivity contribution is 0.444. The average Bonchev–Trinajstić information content (AvgIpc) is 3.22. The lowest BCUT2D eigenvalue weighted by atomic mass is 9.68. The lowest BCUT2D eigenvalue weighted by Crippen LogP contribution is -2.51. The van der Waals surface area contributed by atoms with Crippen LogP contribution in [0.1, 0.15) is 23.0 Å². The molecule has 4 N–H and O–H groups in total. The minimum atomic E-state index is -0.147. The second-order valence-electron chi connectivity index (χ2n) is 7.76. The van der Waals surface area contributed by atoms with Crippen molar-refractivity contribution in [1.82, 2.24) is 9.97 Å². The van der Waals surface area contributed by atoms with Crippen LogP contribution in [0.3, 0.4) is 0 Å². The van der Waals surface area contributed by atoms with Gasteiger partial charge in [0.15, 0.2) is 0 Å². The topological polar surface area (TPSA) is 66.7 Å². The van der Waals surface area contributed by atoms with E-state index in [0.717, 1.165) is 34.5 Å². The molecular formula is C23H18Br4N4. The first-order valence-electron chi connectivity index (χ1n) is 9.74. The van der Waals surface area contributed by atoms with Gasteiger partial charge in [-0.2, -0.15) is 0 Å². The van der Waals surface area contributed by atoms with E-state index in [9.17, 15) is 0 Å². The summed E-state index contributed by atoms with van der Waals surface area (Å²) in [7, 11) is 0. The van der Waals surface area contributed by atoms with Gasteiger partial charge in [0.2, 0.25) is 5.95 Å². The van der Waals surface area contributed by atoms with Crippen LogP contribution in [-0.4, -0.2) is 22.1 Å². The van der Waals surface area contributed by atoms with E-state index in [1.54, 1.807) is 0 Å². The van der Waals surface area contributed by atoms with Crippen molar-refractivity contribution in [2.45, 2.75) is 23.9 Å². The average molecular weight is 670 g/mol. The summed E-state index contributed by atoms with van der Waals surface area (Å²) in [5, 5.41) is 3.62. The Labute approximate surface area is 214 Å². The molecule has 2 aromatic carbocycles. The molecule has 4 nitrogen and oxygen atoms in total. The third kappa shape index (κ3) is 3.51. The molecule has 2 bridgehead atoms. The Kier molecular flexibility index (Phi) is 5.80. The second kappa shape index (κ2) is 8.30. The van der Waals surface area contributed by atoms with Gasteiger partial charge >= 0.3 is 0 Å². The predicted molar refractivity (Wildman–Crippen MR) is 142 cm³/mol. The molecule has 8 heteroatoms. The molecule has 3 aromatic rings. The Balaban J connectivity index is 1.63. The Bertz CT molecular complexity index is 1230. The minimum Gasteiger partial charge on any atom is -0.351 e. The molecule has 0 aliphatic heterocycles. The van der Waals surface area contributed by atoms with Crippen LogP contribution in [0.25, 0.3) is 11.0 Å². The summed E-state index contributed by atoms with van der Waals surface area (Å²) < 4.78 is 3.60. The van der Waals surface area contributed by atoms with Crippen LogP contribution >= 0.6 is 63.7 Å². The molecule has 2 aliphatic carbocycles. The maximum atomic E-state index is 6.87. The maximum Gasteiger partial charge on any atom is 0.201 e. The number of nitrogens with two attached hydrogens (primary N) is 1. The molecule has 0 radical (unpaired) electrons. The third-order valence-electron chi connectivity index (χ3n) is 6.03. The van der Waals surface area contributed by atoms with Gasteiger partial charge in [0.25, 0.3) is 0 Å². The van der Waals surface area contributed by atoms with Crippen LogP contribution in [0.2, 0.25) is 0 Å². The van der Waals surface area contributed by atoms with Crippen molar-refractivity contribution in [3.8, 4) is 0 Å². The van der Waals surface area contributed by atoms with Gasteiger partial charge < -0.3 is 16.0 Å². The molecule has 2 aliphatic rings. The number of nitrogens with zero attached hydrogens (tertiary/aromatic N) is 1. The van der Waals surface area contributed by atoms with Crippen LogP contribution in [0, 0.1) is 0 Å². The lowest BCUT2D eigenvalue weighted by Gasteiger charge is -2.42. The summed E-state index contributed by atoms with van der Waals surface area (Å²) in [5.41, 5.74) is 12.1. The molecule has 2 unspecified atom stereocenters. The van der Waals surface area contributed by atoms with Crippen LogP contribution < -0.4 is 11.1 Å². The fourth-order valence-electron chi connectivity index (χ4n) is 4.58. The summed E-state index contributed by atoms with van der Waals surface area (Å²) >= 11 is 14.5. The van der Waals surface area contributed by atoms with Crippen molar-refractivity contribution in [3.63, 3.8) is 0 Å². The zero-order valence-corrected chi connectivity index (χ0v) is 22.5. The highest BCUT2D eigenvalue weighted by Crippen LogP contribution is 2.46. The quantitative estimate of drug-likeness (QED) is 0.199. The number of anilines is 1. The molecule has 31 heavy (non-hydrogen) atoms.